The quantitative estimate of drug-likeness (QED) is 0.657. The van der Waals surface area contributed by atoms with E-state index in [1.54, 1.807) is 12.0 Å². The molecule has 3 rings (SSSR count). The minimum atomic E-state index is -0.600. The maximum Gasteiger partial charge on any atom is 0.232 e. The molecule has 0 spiro atoms. The highest BCUT2D eigenvalue weighted by Crippen LogP contribution is 2.33. The largest absolute Gasteiger partial charge is 0.493 e. The second kappa shape index (κ2) is 10.2. The first-order chi connectivity index (χ1) is 14.9. The van der Waals surface area contributed by atoms with Gasteiger partial charge in [0.15, 0.2) is 11.5 Å². The van der Waals surface area contributed by atoms with Crippen molar-refractivity contribution in [2.45, 2.75) is 38.8 Å². The molecule has 166 valence electrons. The number of rotatable bonds is 8. The van der Waals surface area contributed by atoms with Crippen molar-refractivity contribution in [1.82, 2.24) is 4.90 Å². The van der Waals surface area contributed by atoms with Crippen LogP contribution in [0.4, 0.5) is 5.69 Å². The van der Waals surface area contributed by atoms with Crippen molar-refractivity contribution in [2.24, 2.45) is 5.73 Å². The number of nitrogens with two attached hydrogens (primary N) is 1. The molecule has 1 fully saturated rings. The number of carbonyl (C=O) groups excluding carboxylic acids is 2. The van der Waals surface area contributed by atoms with Gasteiger partial charge in [-0.1, -0.05) is 30.3 Å². The van der Waals surface area contributed by atoms with Gasteiger partial charge < -0.3 is 25.0 Å². The number of nitrogens with zero attached hydrogens (tertiary/aromatic N) is 2. The SMILES string of the molecule is COc1ccc(N2CCN(C(=O)CC(N)=O)C(Cc3ccccc3)C2)cc1OC(C)C. The van der Waals surface area contributed by atoms with E-state index in [0.29, 0.717) is 37.6 Å². The summed E-state index contributed by atoms with van der Waals surface area (Å²) in [6, 6.07) is 15.9. The van der Waals surface area contributed by atoms with Crippen LogP contribution in [0.15, 0.2) is 48.5 Å². The van der Waals surface area contributed by atoms with Gasteiger partial charge in [0.2, 0.25) is 11.8 Å². The molecule has 1 aliphatic rings. The van der Waals surface area contributed by atoms with Crippen molar-refractivity contribution >= 4 is 17.5 Å². The highest BCUT2D eigenvalue weighted by atomic mass is 16.5. The lowest BCUT2D eigenvalue weighted by atomic mass is 10.0. The van der Waals surface area contributed by atoms with Gasteiger partial charge in [0, 0.05) is 31.4 Å². The molecular formula is C24H31N3O4. The van der Waals surface area contributed by atoms with Crippen LogP contribution >= 0.6 is 0 Å². The van der Waals surface area contributed by atoms with E-state index in [1.807, 2.05) is 50.2 Å². The first-order valence-corrected chi connectivity index (χ1v) is 10.6. The summed E-state index contributed by atoms with van der Waals surface area (Å²) >= 11 is 0. The number of hydrogen-bond acceptors (Lipinski definition) is 5. The zero-order valence-corrected chi connectivity index (χ0v) is 18.4. The van der Waals surface area contributed by atoms with E-state index < -0.39 is 5.91 Å². The molecule has 1 saturated heterocycles. The summed E-state index contributed by atoms with van der Waals surface area (Å²) in [5.41, 5.74) is 7.43. The predicted molar refractivity (Wildman–Crippen MR) is 120 cm³/mol. The number of hydrogen-bond donors (Lipinski definition) is 1. The van der Waals surface area contributed by atoms with Gasteiger partial charge in [0.25, 0.3) is 0 Å². The summed E-state index contributed by atoms with van der Waals surface area (Å²) in [6.45, 7) is 5.78. The number of primary amides is 1. The number of carbonyl (C=O) groups is 2. The Morgan fingerprint density at radius 3 is 2.48 bits per heavy atom. The van der Waals surface area contributed by atoms with Crippen molar-refractivity contribution in [2.75, 3.05) is 31.6 Å². The van der Waals surface area contributed by atoms with Crippen molar-refractivity contribution < 1.29 is 19.1 Å². The highest BCUT2D eigenvalue weighted by molar-refractivity contribution is 5.96. The molecule has 0 saturated carbocycles. The molecule has 1 atom stereocenters. The van der Waals surface area contributed by atoms with Crippen molar-refractivity contribution in [3.63, 3.8) is 0 Å². The Hall–Kier alpha value is -3.22. The molecule has 31 heavy (non-hydrogen) atoms. The molecule has 0 aliphatic carbocycles. The highest BCUT2D eigenvalue weighted by Gasteiger charge is 2.31. The third-order valence-corrected chi connectivity index (χ3v) is 5.32. The zero-order valence-electron chi connectivity index (χ0n) is 18.4. The van der Waals surface area contributed by atoms with Gasteiger partial charge in [-0.05, 0) is 38.0 Å². The number of anilines is 1. The van der Waals surface area contributed by atoms with E-state index in [1.165, 1.54) is 0 Å². The van der Waals surface area contributed by atoms with E-state index in [9.17, 15) is 9.59 Å². The molecule has 0 bridgehead atoms. The predicted octanol–water partition coefficient (Wildman–Crippen LogP) is 2.62. The molecular weight excluding hydrogens is 394 g/mol. The molecule has 2 amide bonds. The van der Waals surface area contributed by atoms with E-state index in [0.717, 1.165) is 11.3 Å². The van der Waals surface area contributed by atoms with Crippen molar-refractivity contribution in [3.05, 3.63) is 54.1 Å². The first kappa shape index (κ1) is 22.5. The zero-order chi connectivity index (χ0) is 22.4. The van der Waals surface area contributed by atoms with Gasteiger partial charge >= 0.3 is 0 Å². The monoisotopic (exact) mass is 425 g/mol. The summed E-state index contributed by atoms with van der Waals surface area (Å²) < 4.78 is 11.4. The van der Waals surface area contributed by atoms with E-state index in [2.05, 4.69) is 17.0 Å². The number of ether oxygens (including phenoxy) is 2. The minimum absolute atomic E-state index is 0.0262. The third-order valence-electron chi connectivity index (χ3n) is 5.32. The molecule has 1 unspecified atom stereocenters. The van der Waals surface area contributed by atoms with Crippen LogP contribution in [0.5, 0.6) is 11.5 Å². The average Bonchev–Trinajstić information content (AvgIpc) is 2.73. The summed E-state index contributed by atoms with van der Waals surface area (Å²) in [5, 5.41) is 0. The topological polar surface area (TPSA) is 85.1 Å². The lowest BCUT2D eigenvalue weighted by Crippen LogP contribution is -2.56. The fourth-order valence-corrected chi connectivity index (χ4v) is 3.94. The van der Waals surface area contributed by atoms with Crippen LogP contribution in [0.3, 0.4) is 0 Å². The molecule has 1 heterocycles. The summed E-state index contributed by atoms with van der Waals surface area (Å²) in [4.78, 5) is 28.0. The fourth-order valence-electron chi connectivity index (χ4n) is 3.94. The number of benzene rings is 2. The van der Waals surface area contributed by atoms with Gasteiger partial charge in [0.1, 0.15) is 6.42 Å². The lowest BCUT2D eigenvalue weighted by molar-refractivity contribution is -0.137. The van der Waals surface area contributed by atoms with Crippen LogP contribution < -0.4 is 20.1 Å². The summed E-state index contributed by atoms with van der Waals surface area (Å²) in [7, 11) is 1.63. The summed E-state index contributed by atoms with van der Waals surface area (Å²) in [6.07, 6.45) is 0.464. The van der Waals surface area contributed by atoms with Gasteiger partial charge in [-0.25, -0.2) is 0 Å². The standard InChI is InChI=1S/C24H31N3O4/c1-17(2)31-22-14-19(9-10-21(22)30-3)26-11-12-27(24(29)15-23(25)28)20(16-26)13-18-7-5-4-6-8-18/h4-10,14,17,20H,11-13,15-16H2,1-3H3,(H2,25,28). The Morgan fingerprint density at radius 2 is 1.84 bits per heavy atom. The third kappa shape index (κ3) is 5.90. The molecule has 7 heteroatoms. The van der Waals surface area contributed by atoms with Crippen molar-refractivity contribution in [3.8, 4) is 11.5 Å². The number of methoxy groups -OCH3 is 1. The fraction of sp³-hybridized carbons (Fsp3) is 0.417. The van der Waals surface area contributed by atoms with Crippen LogP contribution in [0.1, 0.15) is 25.8 Å². The Balaban J connectivity index is 1.84. The first-order valence-electron chi connectivity index (χ1n) is 10.6. The molecule has 2 aromatic carbocycles. The molecule has 2 N–H and O–H groups in total. The lowest BCUT2D eigenvalue weighted by Gasteiger charge is -2.42. The Labute approximate surface area is 183 Å². The van der Waals surface area contributed by atoms with Crippen LogP contribution in [0, 0.1) is 0 Å². The van der Waals surface area contributed by atoms with Gasteiger partial charge in [-0.2, -0.15) is 0 Å². The maximum atomic E-state index is 12.7. The number of piperazine rings is 1. The smallest absolute Gasteiger partial charge is 0.232 e. The Morgan fingerprint density at radius 1 is 1.10 bits per heavy atom. The molecule has 2 aromatic rings. The Kier molecular flexibility index (Phi) is 7.39. The van der Waals surface area contributed by atoms with E-state index in [4.69, 9.17) is 15.2 Å². The van der Waals surface area contributed by atoms with E-state index >= 15 is 0 Å². The normalized spacial score (nSPS) is 16.3. The van der Waals surface area contributed by atoms with Crippen LogP contribution in [0.2, 0.25) is 0 Å². The van der Waals surface area contributed by atoms with E-state index in [-0.39, 0.29) is 24.5 Å². The van der Waals surface area contributed by atoms with Gasteiger partial charge in [-0.15, -0.1) is 0 Å². The molecule has 1 aliphatic heterocycles. The maximum absolute atomic E-state index is 12.7. The van der Waals surface area contributed by atoms with Crippen LogP contribution in [-0.4, -0.2) is 55.6 Å². The summed E-state index contributed by atoms with van der Waals surface area (Å²) in [5.74, 6) is 0.568. The minimum Gasteiger partial charge on any atom is -0.493 e. The average molecular weight is 426 g/mol. The van der Waals surface area contributed by atoms with Gasteiger partial charge in [0.05, 0.1) is 19.3 Å². The van der Waals surface area contributed by atoms with Crippen molar-refractivity contribution in [1.29, 1.82) is 0 Å². The van der Waals surface area contributed by atoms with Crippen LogP contribution in [-0.2, 0) is 16.0 Å². The molecule has 0 radical (unpaired) electrons. The molecule has 7 nitrogen and oxygen atoms in total. The Bertz CT molecular complexity index is 901. The van der Waals surface area contributed by atoms with Gasteiger partial charge in [-0.3, -0.25) is 9.59 Å². The molecule has 0 aromatic heterocycles. The second-order valence-corrected chi connectivity index (χ2v) is 8.02. The number of amides is 2. The second-order valence-electron chi connectivity index (χ2n) is 8.02. The van der Waals surface area contributed by atoms with Crippen LogP contribution in [0.25, 0.3) is 0 Å².